The van der Waals surface area contributed by atoms with E-state index in [1.54, 1.807) is 5.57 Å². The Kier molecular flexibility index (Phi) is 8.08. The topological polar surface area (TPSA) is 0 Å². The highest BCUT2D eigenvalue weighted by Gasteiger charge is 1.97. The van der Waals surface area contributed by atoms with Crippen LogP contribution in [0, 0.1) is 0 Å². The van der Waals surface area contributed by atoms with Gasteiger partial charge in [0.25, 0.3) is 14.1 Å². The summed E-state index contributed by atoms with van der Waals surface area (Å²) in [6, 6.07) is 0. The molecule has 0 fully saturated rings. The van der Waals surface area contributed by atoms with E-state index in [9.17, 15) is 0 Å². The van der Waals surface area contributed by atoms with Crippen molar-refractivity contribution in [3.8, 4) is 0 Å². The fourth-order valence-corrected chi connectivity index (χ4v) is 2.79. The minimum atomic E-state index is -0.449. The Morgan fingerprint density at radius 2 is 1.83 bits per heavy atom. The van der Waals surface area contributed by atoms with Crippen LogP contribution in [0.3, 0.4) is 0 Å². The number of hydrogen-bond acceptors (Lipinski definition) is 0. The van der Waals surface area contributed by atoms with Crippen LogP contribution in [-0.4, -0.2) is 14.1 Å². The highest BCUT2D eigenvalue weighted by Crippen LogP contribution is 2.09. The molecule has 70 valence electrons. The molecule has 0 bridgehead atoms. The highest BCUT2D eigenvalue weighted by molar-refractivity contribution is 6.61. The van der Waals surface area contributed by atoms with E-state index in [1.165, 1.54) is 32.1 Å². The lowest BCUT2D eigenvalue weighted by Gasteiger charge is -2.01. The first-order valence-corrected chi connectivity index (χ1v) is 8.31. The van der Waals surface area contributed by atoms with Crippen molar-refractivity contribution in [1.29, 1.82) is 0 Å². The zero-order chi connectivity index (χ0) is 9.40. The Morgan fingerprint density at radius 1 is 1.17 bits per heavy atom. The molecule has 0 rings (SSSR count). The van der Waals surface area contributed by atoms with E-state index in [0.717, 1.165) is 0 Å². The predicted molar refractivity (Wildman–Crippen MR) is 60.0 cm³/mol. The molecule has 0 spiro atoms. The maximum absolute atomic E-state index is 2.52. The zero-order valence-electron chi connectivity index (χ0n) is 9.19. The molecule has 0 amide bonds. The Morgan fingerprint density at radius 3 is 2.33 bits per heavy atom. The molecule has 1 heteroatoms. The van der Waals surface area contributed by atoms with Gasteiger partial charge in [0.05, 0.1) is 0 Å². The van der Waals surface area contributed by atoms with Gasteiger partial charge in [0, 0.05) is 0 Å². The van der Waals surface area contributed by atoms with E-state index < -0.39 is 14.1 Å². The summed E-state index contributed by atoms with van der Waals surface area (Å²) in [5, 5.41) is 0. The molecule has 0 atom stereocenters. The van der Waals surface area contributed by atoms with Gasteiger partial charge < -0.3 is 0 Å². The summed E-state index contributed by atoms with van der Waals surface area (Å²) in [4.78, 5) is 2.52. The molecule has 0 saturated heterocycles. The molecular formula is C11H23Al. The van der Waals surface area contributed by atoms with E-state index >= 15 is 0 Å². The number of allylic oxidation sites excluding steroid dienone is 1. The molecule has 0 heterocycles. The second-order valence-corrected chi connectivity index (χ2v) is 6.89. The third-order valence-electron chi connectivity index (χ3n) is 2.04. The van der Waals surface area contributed by atoms with Gasteiger partial charge in [-0.25, -0.2) is 0 Å². The van der Waals surface area contributed by atoms with Crippen LogP contribution in [0.5, 0.6) is 0 Å². The Bertz CT molecular complexity index is 125. The van der Waals surface area contributed by atoms with Gasteiger partial charge in [0.1, 0.15) is 0 Å². The molecule has 0 radical (unpaired) electrons. The molecule has 0 aromatic heterocycles. The van der Waals surface area contributed by atoms with Gasteiger partial charge in [0.15, 0.2) is 0 Å². The van der Waals surface area contributed by atoms with Crippen molar-refractivity contribution in [3.05, 3.63) is 10.5 Å². The zero-order valence-corrected chi connectivity index (χ0v) is 10.3. The molecule has 0 aliphatic rings. The van der Waals surface area contributed by atoms with Gasteiger partial charge in [-0.3, -0.25) is 0 Å². The lowest BCUT2D eigenvalue weighted by molar-refractivity contribution is 0.664. The summed E-state index contributed by atoms with van der Waals surface area (Å²) in [6.45, 7) is 4.56. The van der Waals surface area contributed by atoms with Crippen molar-refractivity contribution >= 4 is 14.1 Å². The van der Waals surface area contributed by atoms with Crippen molar-refractivity contribution in [2.45, 2.75) is 57.5 Å². The monoisotopic (exact) mass is 182 g/mol. The minimum Gasteiger partial charge on any atom is -0.146 e. The lowest BCUT2D eigenvalue weighted by atomic mass is 10.1. The standard InChI is InChI=1S/C9H17.2CH3.Al/c1-4-5-6-7-8-9(2)3;;;/h2H,4-8H2,1,3H3;2*1H3;. The summed E-state index contributed by atoms with van der Waals surface area (Å²) in [5.74, 6) is 4.77. The van der Waals surface area contributed by atoms with Gasteiger partial charge >= 0.3 is 0 Å². The summed E-state index contributed by atoms with van der Waals surface area (Å²) in [6.07, 6.45) is 6.91. The third kappa shape index (κ3) is 8.37. The average molecular weight is 182 g/mol. The van der Waals surface area contributed by atoms with Gasteiger partial charge in [-0.1, -0.05) is 31.8 Å². The molecule has 0 aromatic carbocycles. The molecule has 0 aliphatic heterocycles. The van der Waals surface area contributed by atoms with Crippen molar-refractivity contribution in [3.63, 3.8) is 0 Å². The van der Waals surface area contributed by atoms with Gasteiger partial charge in [-0.05, 0) is 19.8 Å². The summed E-state index contributed by atoms with van der Waals surface area (Å²) >= 11 is -0.449. The number of rotatable bonds is 6. The first-order chi connectivity index (χ1) is 5.66. The first-order valence-electron chi connectivity index (χ1n) is 5.34. The smallest absolute Gasteiger partial charge is 0.146 e. The molecule has 0 nitrogen and oxygen atoms in total. The van der Waals surface area contributed by atoms with E-state index in [2.05, 4.69) is 30.4 Å². The highest BCUT2D eigenvalue weighted by atomic mass is 27.2. The van der Waals surface area contributed by atoms with Crippen LogP contribution in [0.2, 0.25) is 11.6 Å². The Balaban J connectivity index is 3.37. The Hall–Kier alpha value is 0.272. The van der Waals surface area contributed by atoms with E-state index in [1.807, 2.05) is 0 Å². The fourth-order valence-electron chi connectivity index (χ4n) is 1.48. The molecule has 0 aliphatic carbocycles. The lowest BCUT2D eigenvalue weighted by Crippen LogP contribution is -1.95. The van der Waals surface area contributed by atoms with Gasteiger partial charge in [0.2, 0.25) is 0 Å². The summed E-state index contributed by atoms with van der Waals surface area (Å²) in [5.41, 5.74) is 1.63. The van der Waals surface area contributed by atoms with Gasteiger partial charge in [-0.2, -0.15) is 0 Å². The predicted octanol–water partition coefficient (Wildman–Crippen LogP) is 4.20. The normalized spacial score (nSPS) is 11.8. The van der Waals surface area contributed by atoms with Crippen LogP contribution in [0.15, 0.2) is 10.5 Å². The van der Waals surface area contributed by atoms with Crippen LogP contribution in [0.25, 0.3) is 0 Å². The fraction of sp³-hybridized carbons (Fsp3) is 0.818. The SMILES string of the molecule is CCCCCCC(C)=[CH][Al]([CH3])[CH3]. The molecule has 0 aromatic rings. The van der Waals surface area contributed by atoms with Crippen molar-refractivity contribution in [2.24, 2.45) is 0 Å². The summed E-state index contributed by atoms with van der Waals surface area (Å²) < 4.78 is 0. The first kappa shape index (κ1) is 12.3. The number of unbranched alkanes of at least 4 members (excludes halogenated alkanes) is 3. The summed E-state index contributed by atoms with van der Waals surface area (Å²) in [7, 11) is 0. The maximum Gasteiger partial charge on any atom is 0.288 e. The van der Waals surface area contributed by atoms with E-state index in [0.29, 0.717) is 0 Å². The minimum absolute atomic E-state index is 0.449. The molecule has 0 N–H and O–H groups in total. The van der Waals surface area contributed by atoms with Crippen LogP contribution >= 0.6 is 0 Å². The quantitative estimate of drug-likeness (QED) is 0.426. The van der Waals surface area contributed by atoms with Crippen LogP contribution in [0.4, 0.5) is 0 Å². The van der Waals surface area contributed by atoms with Crippen molar-refractivity contribution in [2.75, 3.05) is 0 Å². The molecular weight excluding hydrogens is 159 g/mol. The Labute approximate surface area is 82.4 Å². The molecule has 12 heavy (non-hydrogen) atoms. The van der Waals surface area contributed by atoms with E-state index in [-0.39, 0.29) is 0 Å². The van der Waals surface area contributed by atoms with Crippen LogP contribution in [0.1, 0.15) is 46.0 Å². The van der Waals surface area contributed by atoms with Crippen molar-refractivity contribution < 1.29 is 0 Å². The van der Waals surface area contributed by atoms with Crippen LogP contribution in [-0.2, 0) is 0 Å². The second kappa shape index (κ2) is 7.90. The number of hydrogen-bond donors (Lipinski definition) is 0. The second-order valence-electron chi connectivity index (χ2n) is 4.07. The maximum atomic E-state index is 2.52. The molecule has 0 saturated carbocycles. The van der Waals surface area contributed by atoms with Gasteiger partial charge in [-0.15, -0.1) is 16.5 Å². The van der Waals surface area contributed by atoms with Crippen LogP contribution < -0.4 is 0 Å². The van der Waals surface area contributed by atoms with Crippen molar-refractivity contribution in [1.82, 2.24) is 0 Å². The third-order valence-corrected chi connectivity index (χ3v) is 3.28. The largest absolute Gasteiger partial charge is 0.288 e. The molecule has 0 unspecified atom stereocenters. The van der Waals surface area contributed by atoms with E-state index in [4.69, 9.17) is 0 Å². The average Bonchev–Trinajstić information content (AvgIpc) is 1.97.